The van der Waals surface area contributed by atoms with Gasteiger partial charge in [0.1, 0.15) is 11.6 Å². The molecule has 0 aliphatic rings. The van der Waals surface area contributed by atoms with E-state index in [9.17, 15) is 12.8 Å². The monoisotopic (exact) mass is 390 g/mol. The SMILES string of the molecule is COc1cc(C)c(S(=O)(=O)NCCc2c[nH]c3ccc(F)cc23)c(C)c1C. The molecule has 0 aliphatic heterocycles. The van der Waals surface area contributed by atoms with Crippen LogP contribution in [-0.2, 0) is 16.4 Å². The van der Waals surface area contributed by atoms with E-state index in [-0.39, 0.29) is 17.3 Å². The minimum absolute atomic E-state index is 0.218. The molecule has 0 fully saturated rings. The normalized spacial score (nSPS) is 11.9. The van der Waals surface area contributed by atoms with E-state index in [0.29, 0.717) is 23.3 Å². The van der Waals surface area contributed by atoms with E-state index in [1.165, 1.54) is 12.1 Å². The number of aromatic nitrogens is 1. The van der Waals surface area contributed by atoms with Gasteiger partial charge in [0.2, 0.25) is 10.0 Å². The van der Waals surface area contributed by atoms with Crippen LogP contribution in [-0.4, -0.2) is 27.1 Å². The Morgan fingerprint density at radius 1 is 1.15 bits per heavy atom. The van der Waals surface area contributed by atoms with E-state index in [2.05, 4.69) is 9.71 Å². The zero-order chi connectivity index (χ0) is 19.8. The van der Waals surface area contributed by atoms with Crippen molar-refractivity contribution in [3.8, 4) is 5.75 Å². The van der Waals surface area contributed by atoms with Gasteiger partial charge in [-0.15, -0.1) is 0 Å². The molecule has 0 bridgehead atoms. The molecule has 0 atom stereocenters. The second-order valence-corrected chi connectivity index (χ2v) is 8.33. The van der Waals surface area contributed by atoms with Crippen molar-refractivity contribution in [2.24, 2.45) is 0 Å². The van der Waals surface area contributed by atoms with Crippen LogP contribution in [0.15, 0.2) is 35.4 Å². The van der Waals surface area contributed by atoms with E-state index in [1.807, 2.05) is 6.92 Å². The number of aromatic amines is 1. The molecular formula is C20H23FN2O3S. The first-order valence-corrected chi connectivity index (χ1v) is 10.1. The number of fused-ring (bicyclic) bond motifs is 1. The highest BCUT2D eigenvalue weighted by Gasteiger charge is 2.22. The zero-order valence-corrected chi connectivity index (χ0v) is 16.6. The van der Waals surface area contributed by atoms with Crippen LogP contribution in [0, 0.1) is 26.6 Å². The van der Waals surface area contributed by atoms with Gasteiger partial charge in [0, 0.05) is 23.6 Å². The molecule has 5 nitrogen and oxygen atoms in total. The molecule has 2 N–H and O–H groups in total. The fourth-order valence-electron chi connectivity index (χ4n) is 3.40. The van der Waals surface area contributed by atoms with Crippen LogP contribution in [0.4, 0.5) is 4.39 Å². The summed E-state index contributed by atoms with van der Waals surface area (Å²) in [6.45, 7) is 5.59. The smallest absolute Gasteiger partial charge is 0.241 e. The molecular weight excluding hydrogens is 367 g/mol. The summed E-state index contributed by atoms with van der Waals surface area (Å²) in [6, 6.07) is 6.25. The lowest BCUT2D eigenvalue weighted by Gasteiger charge is -2.16. The number of halogens is 1. The molecule has 1 heterocycles. The molecule has 2 aromatic carbocycles. The first kappa shape index (κ1) is 19.4. The average Bonchev–Trinajstić information content (AvgIpc) is 3.00. The van der Waals surface area contributed by atoms with Gasteiger partial charge >= 0.3 is 0 Å². The quantitative estimate of drug-likeness (QED) is 0.673. The summed E-state index contributed by atoms with van der Waals surface area (Å²) < 4.78 is 47.2. The Kier molecular flexibility index (Phi) is 5.26. The zero-order valence-electron chi connectivity index (χ0n) is 15.8. The third-order valence-electron chi connectivity index (χ3n) is 4.88. The topological polar surface area (TPSA) is 71.2 Å². The Morgan fingerprint density at radius 2 is 1.89 bits per heavy atom. The van der Waals surface area contributed by atoms with E-state index < -0.39 is 10.0 Å². The van der Waals surface area contributed by atoms with E-state index in [1.54, 1.807) is 39.3 Å². The maximum Gasteiger partial charge on any atom is 0.241 e. The number of aryl methyl sites for hydroxylation is 1. The van der Waals surface area contributed by atoms with Gasteiger partial charge in [-0.05, 0) is 73.7 Å². The molecule has 1 aromatic heterocycles. The number of hydrogen-bond donors (Lipinski definition) is 2. The Morgan fingerprint density at radius 3 is 2.59 bits per heavy atom. The van der Waals surface area contributed by atoms with Gasteiger partial charge in [-0.3, -0.25) is 0 Å². The molecule has 7 heteroatoms. The maximum absolute atomic E-state index is 13.5. The van der Waals surface area contributed by atoms with Crippen molar-refractivity contribution >= 4 is 20.9 Å². The van der Waals surface area contributed by atoms with Gasteiger partial charge in [0.05, 0.1) is 12.0 Å². The van der Waals surface area contributed by atoms with Crippen LogP contribution in [0.25, 0.3) is 10.9 Å². The number of nitrogens with one attached hydrogen (secondary N) is 2. The first-order chi connectivity index (χ1) is 12.7. The van der Waals surface area contributed by atoms with Gasteiger partial charge in [-0.2, -0.15) is 0 Å². The highest BCUT2D eigenvalue weighted by Crippen LogP contribution is 2.30. The summed E-state index contributed by atoms with van der Waals surface area (Å²) in [5.41, 5.74) is 3.80. The Balaban J connectivity index is 1.81. The predicted molar refractivity (Wildman–Crippen MR) is 104 cm³/mol. The van der Waals surface area contributed by atoms with E-state index >= 15 is 0 Å². The minimum atomic E-state index is -3.67. The standard InChI is InChI=1S/C20H23FN2O3S/c1-12-9-19(26-4)13(2)14(3)20(12)27(24,25)23-8-7-15-11-22-18-6-5-16(21)10-17(15)18/h5-6,9-11,22-23H,7-8H2,1-4H3. The minimum Gasteiger partial charge on any atom is -0.496 e. The number of hydrogen-bond acceptors (Lipinski definition) is 3. The van der Waals surface area contributed by atoms with Gasteiger partial charge in [-0.1, -0.05) is 0 Å². The van der Waals surface area contributed by atoms with Crippen molar-refractivity contribution in [2.75, 3.05) is 13.7 Å². The molecule has 0 unspecified atom stereocenters. The number of ether oxygens (including phenoxy) is 1. The number of sulfonamides is 1. The lowest BCUT2D eigenvalue weighted by molar-refractivity contribution is 0.410. The largest absolute Gasteiger partial charge is 0.496 e. The second kappa shape index (κ2) is 7.32. The maximum atomic E-state index is 13.5. The molecule has 144 valence electrons. The Bertz CT molecular complexity index is 1100. The van der Waals surface area contributed by atoms with Crippen LogP contribution in [0.3, 0.4) is 0 Å². The van der Waals surface area contributed by atoms with Crippen LogP contribution < -0.4 is 9.46 Å². The summed E-state index contributed by atoms with van der Waals surface area (Å²) in [4.78, 5) is 3.36. The Hall–Kier alpha value is -2.38. The fraction of sp³-hybridized carbons (Fsp3) is 0.300. The summed E-state index contributed by atoms with van der Waals surface area (Å²) >= 11 is 0. The summed E-state index contributed by atoms with van der Waals surface area (Å²) in [6.07, 6.45) is 2.24. The molecule has 27 heavy (non-hydrogen) atoms. The molecule has 0 amide bonds. The molecule has 0 aliphatic carbocycles. The van der Waals surface area contributed by atoms with Crippen molar-refractivity contribution in [1.29, 1.82) is 0 Å². The van der Waals surface area contributed by atoms with Gasteiger partial charge in [0.15, 0.2) is 0 Å². The highest BCUT2D eigenvalue weighted by molar-refractivity contribution is 7.89. The Labute approximate surface area is 158 Å². The van der Waals surface area contributed by atoms with Crippen molar-refractivity contribution in [3.63, 3.8) is 0 Å². The second-order valence-electron chi connectivity index (χ2n) is 6.63. The molecule has 3 rings (SSSR count). The summed E-state index contributed by atoms with van der Waals surface area (Å²) in [5, 5.41) is 0.766. The average molecular weight is 390 g/mol. The third-order valence-corrected chi connectivity index (χ3v) is 6.63. The van der Waals surface area contributed by atoms with Crippen LogP contribution >= 0.6 is 0 Å². The predicted octanol–water partition coefficient (Wildman–Crippen LogP) is 3.76. The first-order valence-electron chi connectivity index (χ1n) is 8.64. The summed E-state index contributed by atoms with van der Waals surface area (Å²) in [5.74, 6) is 0.355. The van der Waals surface area contributed by atoms with Gasteiger partial charge < -0.3 is 9.72 Å². The van der Waals surface area contributed by atoms with Crippen LogP contribution in [0.5, 0.6) is 5.75 Å². The molecule has 0 saturated heterocycles. The van der Waals surface area contributed by atoms with Crippen molar-refractivity contribution in [3.05, 3.63) is 58.5 Å². The van der Waals surface area contributed by atoms with Crippen molar-refractivity contribution < 1.29 is 17.5 Å². The molecule has 0 saturated carbocycles. The fourth-order valence-corrected chi connectivity index (χ4v) is 4.95. The number of methoxy groups -OCH3 is 1. The third kappa shape index (κ3) is 3.70. The van der Waals surface area contributed by atoms with E-state index in [0.717, 1.165) is 22.0 Å². The molecule has 3 aromatic rings. The van der Waals surface area contributed by atoms with Crippen molar-refractivity contribution in [2.45, 2.75) is 32.1 Å². The number of benzene rings is 2. The lowest BCUT2D eigenvalue weighted by atomic mass is 10.1. The summed E-state index contributed by atoms with van der Waals surface area (Å²) in [7, 11) is -2.11. The van der Waals surface area contributed by atoms with Crippen LogP contribution in [0.2, 0.25) is 0 Å². The van der Waals surface area contributed by atoms with Gasteiger partial charge in [0.25, 0.3) is 0 Å². The van der Waals surface area contributed by atoms with Crippen molar-refractivity contribution in [1.82, 2.24) is 9.71 Å². The lowest BCUT2D eigenvalue weighted by Crippen LogP contribution is -2.27. The number of H-pyrrole nitrogens is 1. The van der Waals surface area contributed by atoms with Crippen LogP contribution in [0.1, 0.15) is 22.3 Å². The molecule has 0 radical (unpaired) electrons. The highest BCUT2D eigenvalue weighted by atomic mass is 32.2. The molecule has 0 spiro atoms. The van der Waals surface area contributed by atoms with Gasteiger partial charge in [-0.25, -0.2) is 17.5 Å². The number of rotatable bonds is 6. The van der Waals surface area contributed by atoms with E-state index in [4.69, 9.17) is 4.74 Å².